The number of rotatable bonds is 7. The molecule has 0 radical (unpaired) electrons. The second kappa shape index (κ2) is 8.37. The first-order valence-electron chi connectivity index (χ1n) is 8.80. The number of benzene rings is 1. The Morgan fingerprint density at radius 2 is 2.00 bits per heavy atom. The Labute approximate surface area is 167 Å². The van der Waals surface area contributed by atoms with Crippen molar-refractivity contribution >= 4 is 29.0 Å². The van der Waals surface area contributed by atoms with Gasteiger partial charge in [-0.25, -0.2) is 5.10 Å². The predicted molar refractivity (Wildman–Crippen MR) is 106 cm³/mol. The molecule has 0 saturated carbocycles. The molecule has 0 aliphatic carbocycles. The Hall–Kier alpha value is -2.97. The number of likely N-dealkylation sites (N-methyl/N-ethyl adjacent to an activating group) is 1. The monoisotopic (exact) mass is 401 g/mol. The summed E-state index contributed by atoms with van der Waals surface area (Å²) < 4.78 is 1.85. The molecule has 3 aromatic rings. The lowest BCUT2D eigenvalue weighted by molar-refractivity contribution is -0.861. The van der Waals surface area contributed by atoms with Crippen LogP contribution in [0.15, 0.2) is 36.7 Å². The SMILES string of the molecule is Cc1cc(C(=O)C[NH+](C)CC(=O)Nc2ccccc2Cl)c(C)n1-c1ncn[nH]1. The zero-order chi connectivity index (χ0) is 20.3. The van der Waals surface area contributed by atoms with Crippen LogP contribution in [0.1, 0.15) is 21.7 Å². The molecule has 0 aliphatic heterocycles. The Morgan fingerprint density at radius 1 is 1.25 bits per heavy atom. The van der Waals surface area contributed by atoms with Gasteiger partial charge >= 0.3 is 0 Å². The number of carbonyl (C=O) groups excluding carboxylic acids is 2. The van der Waals surface area contributed by atoms with Gasteiger partial charge in [-0.15, -0.1) is 0 Å². The lowest BCUT2D eigenvalue weighted by Gasteiger charge is -2.13. The number of aromatic nitrogens is 4. The van der Waals surface area contributed by atoms with E-state index in [1.807, 2.05) is 24.5 Å². The molecule has 3 rings (SSSR count). The van der Waals surface area contributed by atoms with Crippen molar-refractivity contribution in [2.24, 2.45) is 0 Å². The summed E-state index contributed by atoms with van der Waals surface area (Å²) in [7, 11) is 1.81. The molecule has 0 bridgehead atoms. The minimum absolute atomic E-state index is 0.0399. The summed E-state index contributed by atoms with van der Waals surface area (Å²) in [6, 6.07) is 8.87. The van der Waals surface area contributed by atoms with Crippen LogP contribution in [0.5, 0.6) is 0 Å². The minimum atomic E-state index is -0.203. The van der Waals surface area contributed by atoms with Crippen molar-refractivity contribution in [3.63, 3.8) is 0 Å². The zero-order valence-electron chi connectivity index (χ0n) is 15.9. The van der Waals surface area contributed by atoms with Crippen molar-refractivity contribution in [1.29, 1.82) is 0 Å². The smallest absolute Gasteiger partial charge is 0.279 e. The third-order valence-corrected chi connectivity index (χ3v) is 4.75. The Bertz CT molecular complexity index is 996. The normalized spacial score (nSPS) is 12.0. The van der Waals surface area contributed by atoms with Crippen LogP contribution in [-0.4, -0.2) is 51.6 Å². The van der Waals surface area contributed by atoms with E-state index >= 15 is 0 Å². The van der Waals surface area contributed by atoms with Crippen LogP contribution < -0.4 is 10.2 Å². The Morgan fingerprint density at radius 3 is 2.68 bits per heavy atom. The number of carbonyl (C=O) groups is 2. The molecule has 1 atom stereocenters. The number of ketones is 1. The quantitative estimate of drug-likeness (QED) is 0.518. The van der Waals surface area contributed by atoms with Gasteiger partial charge in [0.2, 0.25) is 11.7 Å². The number of aryl methyl sites for hydroxylation is 1. The number of para-hydroxylation sites is 1. The van der Waals surface area contributed by atoms with E-state index in [1.165, 1.54) is 6.33 Å². The first-order chi connectivity index (χ1) is 13.4. The highest BCUT2D eigenvalue weighted by atomic mass is 35.5. The second-order valence-electron chi connectivity index (χ2n) is 6.69. The van der Waals surface area contributed by atoms with Crippen LogP contribution in [0.2, 0.25) is 5.02 Å². The average Bonchev–Trinajstić information content (AvgIpc) is 3.24. The molecule has 2 aromatic heterocycles. The first-order valence-corrected chi connectivity index (χ1v) is 9.18. The maximum Gasteiger partial charge on any atom is 0.279 e. The number of amides is 1. The number of quaternary nitrogens is 1. The van der Waals surface area contributed by atoms with Gasteiger partial charge in [0.25, 0.3) is 5.91 Å². The fourth-order valence-corrected chi connectivity index (χ4v) is 3.32. The van der Waals surface area contributed by atoms with Crippen LogP contribution in [0.3, 0.4) is 0 Å². The number of hydrogen-bond donors (Lipinski definition) is 3. The van der Waals surface area contributed by atoms with Crippen molar-refractivity contribution in [2.75, 3.05) is 25.5 Å². The van der Waals surface area contributed by atoms with Crippen molar-refractivity contribution in [2.45, 2.75) is 13.8 Å². The summed E-state index contributed by atoms with van der Waals surface area (Å²) in [6.07, 6.45) is 1.42. The largest absolute Gasteiger partial charge is 0.323 e. The maximum atomic E-state index is 12.8. The lowest BCUT2D eigenvalue weighted by Crippen LogP contribution is -3.11. The van der Waals surface area contributed by atoms with Crippen molar-refractivity contribution < 1.29 is 14.5 Å². The van der Waals surface area contributed by atoms with E-state index in [9.17, 15) is 9.59 Å². The number of halogens is 1. The van der Waals surface area contributed by atoms with Crippen LogP contribution in [0.25, 0.3) is 5.95 Å². The molecular formula is C19H22ClN6O2+. The van der Waals surface area contributed by atoms with Gasteiger partial charge < -0.3 is 10.2 Å². The summed E-state index contributed by atoms with van der Waals surface area (Å²) in [5.41, 5.74) is 2.84. The number of nitrogens with one attached hydrogen (secondary N) is 3. The third kappa shape index (κ3) is 4.29. The van der Waals surface area contributed by atoms with Gasteiger partial charge in [-0.1, -0.05) is 23.7 Å². The van der Waals surface area contributed by atoms with Gasteiger partial charge in [-0.3, -0.25) is 14.2 Å². The summed E-state index contributed by atoms with van der Waals surface area (Å²) in [4.78, 5) is 29.9. The van der Waals surface area contributed by atoms with Crippen molar-refractivity contribution in [1.82, 2.24) is 19.7 Å². The summed E-state index contributed by atoms with van der Waals surface area (Å²) in [5.74, 6) is 0.321. The molecule has 146 valence electrons. The lowest BCUT2D eigenvalue weighted by atomic mass is 10.1. The predicted octanol–water partition coefficient (Wildman–Crippen LogP) is 1.20. The Kier molecular flexibility index (Phi) is 5.91. The van der Waals surface area contributed by atoms with E-state index in [-0.39, 0.29) is 24.8 Å². The van der Waals surface area contributed by atoms with Gasteiger partial charge in [0, 0.05) is 17.0 Å². The molecule has 0 fully saturated rings. The highest BCUT2D eigenvalue weighted by molar-refractivity contribution is 6.33. The van der Waals surface area contributed by atoms with Crippen LogP contribution >= 0.6 is 11.6 Å². The molecule has 1 unspecified atom stereocenters. The van der Waals surface area contributed by atoms with Gasteiger partial charge in [0.05, 0.1) is 17.8 Å². The molecule has 1 amide bonds. The van der Waals surface area contributed by atoms with Gasteiger partial charge in [0.1, 0.15) is 12.9 Å². The Balaban J connectivity index is 1.64. The van der Waals surface area contributed by atoms with Crippen LogP contribution in [0.4, 0.5) is 5.69 Å². The number of anilines is 1. The molecule has 2 heterocycles. The number of aromatic amines is 1. The van der Waals surface area contributed by atoms with Gasteiger partial charge in [0.15, 0.2) is 6.54 Å². The van der Waals surface area contributed by atoms with Gasteiger partial charge in [-0.2, -0.15) is 10.1 Å². The van der Waals surface area contributed by atoms with Crippen LogP contribution in [0, 0.1) is 13.8 Å². The molecule has 0 saturated heterocycles. The standard InChI is InChI=1S/C19H21ClN6O2/c1-12-8-14(13(2)26(12)19-21-11-22-24-19)17(27)9-25(3)10-18(28)23-16-7-5-4-6-15(16)20/h4-8,11H,9-10H2,1-3H3,(H,23,28)(H,21,22,24)/p+1. The number of nitrogens with zero attached hydrogens (tertiary/aromatic N) is 3. The van der Waals surface area contributed by atoms with Crippen molar-refractivity contribution in [3.8, 4) is 5.95 Å². The van der Waals surface area contributed by atoms with Crippen molar-refractivity contribution in [3.05, 3.63) is 58.6 Å². The van der Waals surface area contributed by atoms with E-state index in [1.54, 1.807) is 31.3 Å². The molecule has 3 N–H and O–H groups in total. The van der Waals surface area contributed by atoms with E-state index in [0.717, 1.165) is 16.3 Å². The van der Waals surface area contributed by atoms with Crippen LogP contribution in [-0.2, 0) is 4.79 Å². The van der Waals surface area contributed by atoms with E-state index in [0.29, 0.717) is 22.2 Å². The minimum Gasteiger partial charge on any atom is -0.323 e. The molecule has 9 heteroatoms. The summed E-state index contributed by atoms with van der Waals surface area (Å²) in [5, 5.41) is 9.91. The zero-order valence-corrected chi connectivity index (χ0v) is 16.7. The maximum absolute atomic E-state index is 12.8. The van der Waals surface area contributed by atoms with E-state index in [4.69, 9.17) is 11.6 Å². The average molecular weight is 402 g/mol. The topological polar surface area (TPSA) is 97.1 Å². The molecule has 28 heavy (non-hydrogen) atoms. The van der Waals surface area contributed by atoms with E-state index in [2.05, 4.69) is 20.5 Å². The van der Waals surface area contributed by atoms with E-state index < -0.39 is 0 Å². The van der Waals surface area contributed by atoms with Gasteiger partial charge in [-0.05, 0) is 32.0 Å². The number of Topliss-reactive ketones (excluding diaryl/α,β-unsaturated/α-hetero) is 1. The molecule has 0 spiro atoms. The molecular weight excluding hydrogens is 380 g/mol. The second-order valence-corrected chi connectivity index (χ2v) is 7.10. The fourth-order valence-electron chi connectivity index (χ4n) is 3.14. The molecule has 1 aromatic carbocycles. The first kappa shape index (κ1) is 19.8. The highest BCUT2D eigenvalue weighted by Crippen LogP contribution is 2.20. The molecule has 0 aliphatic rings. The fraction of sp³-hybridized carbons (Fsp3) is 0.263. The number of hydrogen-bond acceptors (Lipinski definition) is 4. The third-order valence-electron chi connectivity index (χ3n) is 4.42. The summed E-state index contributed by atoms with van der Waals surface area (Å²) >= 11 is 6.06. The summed E-state index contributed by atoms with van der Waals surface area (Å²) in [6.45, 7) is 4.11. The highest BCUT2D eigenvalue weighted by Gasteiger charge is 2.22. The number of H-pyrrole nitrogens is 1. The molecule has 8 nitrogen and oxygen atoms in total.